The number of rotatable bonds is 8. The Bertz CT molecular complexity index is 1510. The summed E-state index contributed by atoms with van der Waals surface area (Å²) in [6, 6.07) is 9.13. The molecule has 3 heterocycles. The molecule has 7 N–H and O–H groups in total. The minimum absolute atomic E-state index is 0.0966. The molecule has 0 unspecified atom stereocenters. The maximum atomic E-state index is 13.0. The van der Waals surface area contributed by atoms with Gasteiger partial charge in [0.05, 0.1) is 26.9 Å². The molecular weight excluding hydrogens is 588 g/mol. The lowest BCUT2D eigenvalue weighted by Crippen LogP contribution is -2.61. The summed E-state index contributed by atoms with van der Waals surface area (Å²) in [5.74, 6) is -0.391. The number of phenolic OH excluding ortho intramolecular Hbond substituents is 1. The Kier molecular flexibility index (Phi) is 9.31. The van der Waals surface area contributed by atoms with Gasteiger partial charge in [0.25, 0.3) is 0 Å². The molecule has 0 saturated carbocycles. The molecule has 240 valence electrons. The van der Waals surface area contributed by atoms with Crippen molar-refractivity contribution in [3.63, 3.8) is 0 Å². The second-order valence-electron chi connectivity index (χ2n) is 10.5. The molecule has 2 fully saturated rings. The Labute approximate surface area is 249 Å². The van der Waals surface area contributed by atoms with Gasteiger partial charge in [0.1, 0.15) is 65.2 Å². The Morgan fingerprint density at radius 1 is 0.795 bits per heavy atom. The van der Waals surface area contributed by atoms with E-state index in [1.165, 1.54) is 33.3 Å². The number of aliphatic hydroxyl groups excluding tert-OH is 6. The molecule has 0 radical (unpaired) electrons. The number of hydrogen-bond donors (Lipinski definition) is 7. The predicted molar refractivity (Wildman–Crippen MR) is 148 cm³/mol. The first-order chi connectivity index (χ1) is 20.9. The average Bonchev–Trinajstić information content (AvgIpc) is 3.01. The standard InChI is InChI=1S/C29H34O15/c1-11-20(31)23(34)25(36)28(41-11)40-10-18-21(32)24(35)26(37)29(44-18)43-17-9-16-19(22(33)27(17)39-3)14(30)8-15(42-16)12-4-6-13(38-2)7-5-12/h4-9,11,18,20-21,23-26,28-29,31-37H,10H2,1-3H3/t11-,18-,20-,21-,23+,24+,25+,26-,28-,29-/m1/s1. The van der Waals surface area contributed by atoms with Crippen molar-refractivity contribution in [2.45, 2.75) is 68.3 Å². The number of ether oxygens (including phenoxy) is 6. The van der Waals surface area contributed by atoms with Gasteiger partial charge in [-0.1, -0.05) is 0 Å². The highest BCUT2D eigenvalue weighted by Crippen LogP contribution is 2.43. The number of methoxy groups -OCH3 is 2. The van der Waals surface area contributed by atoms with E-state index in [9.17, 15) is 40.5 Å². The van der Waals surface area contributed by atoms with Crippen molar-refractivity contribution < 1.29 is 68.6 Å². The number of aromatic hydroxyl groups is 1. The van der Waals surface area contributed by atoms with Crippen molar-refractivity contribution in [3.05, 3.63) is 46.6 Å². The van der Waals surface area contributed by atoms with Gasteiger partial charge in [0.2, 0.25) is 12.0 Å². The van der Waals surface area contributed by atoms with Crippen molar-refractivity contribution in [3.8, 4) is 34.3 Å². The van der Waals surface area contributed by atoms with E-state index in [4.69, 9.17) is 32.8 Å². The van der Waals surface area contributed by atoms with E-state index in [1.54, 1.807) is 24.3 Å². The zero-order valence-corrected chi connectivity index (χ0v) is 23.8. The molecule has 2 aliphatic heterocycles. The fourth-order valence-corrected chi connectivity index (χ4v) is 5.06. The molecule has 0 spiro atoms. The third kappa shape index (κ3) is 5.93. The summed E-state index contributed by atoms with van der Waals surface area (Å²) in [6.45, 7) is 0.947. The van der Waals surface area contributed by atoms with Crippen LogP contribution in [0.25, 0.3) is 22.3 Å². The number of fused-ring (bicyclic) bond motifs is 1. The van der Waals surface area contributed by atoms with Gasteiger partial charge in [-0.3, -0.25) is 4.79 Å². The van der Waals surface area contributed by atoms with Crippen LogP contribution >= 0.6 is 0 Å². The smallest absolute Gasteiger partial charge is 0.229 e. The van der Waals surface area contributed by atoms with E-state index >= 15 is 0 Å². The van der Waals surface area contributed by atoms with Gasteiger partial charge in [0.15, 0.2) is 23.2 Å². The van der Waals surface area contributed by atoms with Crippen molar-refractivity contribution in [1.82, 2.24) is 0 Å². The SMILES string of the molecule is COc1ccc(-c2cc(=O)c3c(O)c(OC)c(O[C@@H]4O[C@H](CO[C@@H]5O[C@H](C)[C@@H](O)[C@H](O)[C@@H]5O)[C@@H](O)[C@H](O)[C@H]4O)cc3o2)cc1. The first-order valence-corrected chi connectivity index (χ1v) is 13.6. The van der Waals surface area contributed by atoms with Gasteiger partial charge in [-0.15, -0.1) is 0 Å². The molecule has 15 nitrogen and oxygen atoms in total. The quantitative estimate of drug-likeness (QED) is 0.163. The fourth-order valence-electron chi connectivity index (χ4n) is 5.06. The van der Waals surface area contributed by atoms with E-state index in [2.05, 4.69) is 0 Å². The molecule has 15 heteroatoms. The lowest BCUT2D eigenvalue weighted by molar-refractivity contribution is -0.318. The topological polar surface area (TPSA) is 227 Å². The van der Waals surface area contributed by atoms with Gasteiger partial charge in [-0.05, 0) is 31.2 Å². The summed E-state index contributed by atoms with van der Waals surface area (Å²) in [4.78, 5) is 13.0. The zero-order chi connectivity index (χ0) is 31.9. The highest BCUT2D eigenvalue weighted by atomic mass is 16.7. The Morgan fingerprint density at radius 2 is 1.45 bits per heavy atom. The van der Waals surface area contributed by atoms with Crippen LogP contribution in [0, 0.1) is 0 Å². The van der Waals surface area contributed by atoms with Crippen molar-refractivity contribution in [2.24, 2.45) is 0 Å². The minimum atomic E-state index is -1.81. The normalized spacial score (nSPS) is 32.4. The van der Waals surface area contributed by atoms with E-state index < -0.39 is 79.2 Å². The number of aliphatic hydroxyl groups is 6. The van der Waals surface area contributed by atoms with E-state index in [-0.39, 0.29) is 28.2 Å². The molecule has 1 aromatic heterocycles. The Morgan fingerprint density at radius 3 is 2.11 bits per heavy atom. The first-order valence-electron chi connectivity index (χ1n) is 13.6. The van der Waals surface area contributed by atoms with Gasteiger partial charge >= 0.3 is 0 Å². The predicted octanol–water partition coefficient (Wildman–Crippen LogP) is -0.787. The molecule has 2 aromatic carbocycles. The molecule has 5 rings (SSSR count). The third-order valence-corrected chi connectivity index (χ3v) is 7.64. The van der Waals surface area contributed by atoms with Crippen molar-refractivity contribution in [2.75, 3.05) is 20.8 Å². The van der Waals surface area contributed by atoms with Gasteiger partial charge in [-0.25, -0.2) is 0 Å². The maximum absolute atomic E-state index is 13.0. The molecule has 3 aromatic rings. The molecule has 2 saturated heterocycles. The van der Waals surface area contributed by atoms with E-state index in [1.807, 2.05) is 0 Å². The number of benzene rings is 2. The summed E-state index contributed by atoms with van der Waals surface area (Å²) in [6.07, 6.45) is -15.2. The van der Waals surface area contributed by atoms with Crippen LogP contribution in [0.2, 0.25) is 0 Å². The van der Waals surface area contributed by atoms with Gasteiger partial charge in [0, 0.05) is 17.7 Å². The highest BCUT2D eigenvalue weighted by Gasteiger charge is 2.47. The molecule has 44 heavy (non-hydrogen) atoms. The summed E-state index contributed by atoms with van der Waals surface area (Å²) in [5.41, 5.74) is -0.138. The monoisotopic (exact) mass is 622 g/mol. The minimum Gasteiger partial charge on any atom is -0.504 e. The lowest BCUT2D eigenvalue weighted by atomic mass is 9.98. The van der Waals surface area contributed by atoms with Crippen LogP contribution in [0.15, 0.2) is 45.6 Å². The first kappa shape index (κ1) is 31.9. The molecule has 0 aliphatic carbocycles. The van der Waals surface area contributed by atoms with Crippen LogP contribution in [0.3, 0.4) is 0 Å². The van der Waals surface area contributed by atoms with Crippen LogP contribution in [0.1, 0.15) is 6.92 Å². The van der Waals surface area contributed by atoms with E-state index in [0.29, 0.717) is 11.3 Å². The second-order valence-corrected chi connectivity index (χ2v) is 10.5. The Hall–Kier alpha value is -3.51. The lowest BCUT2D eigenvalue weighted by Gasteiger charge is -2.42. The van der Waals surface area contributed by atoms with Crippen LogP contribution in [0.5, 0.6) is 23.0 Å². The summed E-state index contributed by atoms with van der Waals surface area (Å²) in [5, 5.41) is 72.6. The maximum Gasteiger partial charge on any atom is 0.229 e. The molecule has 10 atom stereocenters. The molecule has 0 bridgehead atoms. The van der Waals surface area contributed by atoms with Crippen LogP contribution in [-0.2, 0) is 14.2 Å². The summed E-state index contributed by atoms with van der Waals surface area (Å²) >= 11 is 0. The summed E-state index contributed by atoms with van der Waals surface area (Å²) in [7, 11) is 2.72. The van der Waals surface area contributed by atoms with Crippen molar-refractivity contribution >= 4 is 11.0 Å². The number of hydrogen-bond acceptors (Lipinski definition) is 15. The number of phenols is 1. The Balaban J connectivity index is 1.41. The molecule has 2 aliphatic rings. The van der Waals surface area contributed by atoms with Crippen LogP contribution in [0.4, 0.5) is 0 Å². The average molecular weight is 623 g/mol. The molecular formula is C29H34O15. The fraction of sp³-hybridized carbons (Fsp3) is 0.483. The van der Waals surface area contributed by atoms with Crippen molar-refractivity contribution in [1.29, 1.82) is 0 Å². The molecule has 0 amide bonds. The zero-order valence-electron chi connectivity index (χ0n) is 23.8. The van der Waals surface area contributed by atoms with Crippen LogP contribution in [-0.4, -0.2) is 118 Å². The largest absolute Gasteiger partial charge is 0.504 e. The third-order valence-electron chi connectivity index (χ3n) is 7.64. The van der Waals surface area contributed by atoms with Gasteiger partial charge in [-0.2, -0.15) is 0 Å². The van der Waals surface area contributed by atoms with E-state index in [0.717, 1.165) is 0 Å². The summed E-state index contributed by atoms with van der Waals surface area (Å²) < 4.78 is 38.7. The van der Waals surface area contributed by atoms with Gasteiger partial charge < -0.3 is 68.6 Å². The second kappa shape index (κ2) is 12.8. The van der Waals surface area contributed by atoms with Crippen LogP contribution < -0.4 is 19.6 Å². The highest BCUT2D eigenvalue weighted by molar-refractivity contribution is 5.89.